The van der Waals surface area contributed by atoms with Crippen molar-refractivity contribution in [1.82, 2.24) is 4.57 Å². The number of carbonyl (C=O) groups excluding carboxylic acids is 1. The third-order valence-corrected chi connectivity index (χ3v) is 5.18. The minimum absolute atomic E-state index is 0.00202. The molecule has 0 saturated heterocycles. The van der Waals surface area contributed by atoms with E-state index in [1.54, 1.807) is 10.6 Å². The number of aromatic nitrogens is 2. The van der Waals surface area contributed by atoms with Gasteiger partial charge in [0.05, 0.1) is 23.0 Å². The van der Waals surface area contributed by atoms with Gasteiger partial charge in [-0.05, 0) is 18.2 Å². The number of pyridine rings is 1. The first-order valence-electron chi connectivity index (χ1n) is 9.23. The molecule has 0 fully saturated rings. The molecule has 0 atom stereocenters. The third-order valence-electron chi connectivity index (χ3n) is 4.87. The summed E-state index contributed by atoms with van der Waals surface area (Å²) in [7, 11) is 0. The van der Waals surface area contributed by atoms with Crippen LogP contribution >= 0.6 is 11.6 Å². The van der Waals surface area contributed by atoms with Crippen LogP contribution in [0.15, 0.2) is 79.1 Å². The molecular weight excluding hydrogens is 413 g/mol. The first-order chi connectivity index (χ1) is 14.3. The van der Waals surface area contributed by atoms with Gasteiger partial charge in [0.1, 0.15) is 5.15 Å². The smallest absolute Gasteiger partial charge is 0.323 e. The zero-order valence-corrected chi connectivity index (χ0v) is 16.5. The number of nitrogens with zero attached hydrogens (tertiary/aromatic N) is 2. The van der Waals surface area contributed by atoms with Gasteiger partial charge in [0.25, 0.3) is 0 Å². The van der Waals surface area contributed by atoms with Crippen molar-refractivity contribution in [2.45, 2.75) is 19.3 Å². The van der Waals surface area contributed by atoms with Crippen LogP contribution in [0.5, 0.6) is 0 Å². The summed E-state index contributed by atoms with van der Waals surface area (Å²) in [6, 6.07) is 18.0. The molecule has 0 aliphatic heterocycles. The van der Waals surface area contributed by atoms with Crippen LogP contribution < -0.4 is 4.57 Å². The molecule has 152 valence electrons. The number of fused-ring (bicyclic) bond motifs is 1. The number of carbonyl (C=O) groups is 1. The van der Waals surface area contributed by atoms with Gasteiger partial charge in [-0.1, -0.05) is 54.1 Å². The van der Waals surface area contributed by atoms with Crippen molar-refractivity contribution in [3.8, 4) is 0 Å². The molecule has 0 N–H and O–H groups in total. The predicted molar refractivity (Wildman–Crippen MR) is 108 cm³/mol. The summed E-state index contributed by atoms with van der Waals surface area (Å²) < 4.78 is 42.4. The maximum absolute atomic E-state index is 12.9. The summed E-state index contributed by atoms with van der Waals surface area (Å²) in [5, 5.41) is 1.19. The molecule has 0 amide bonds. The highest BCUT2D eigenvalue weighted by Crippen LogP contribution is 2.30. The maximum Gasteiger partial charge on any atom is 0.416 e. The molecule has 2 aromatic heterocycles. The Bertz CT molecular complexity index is 1220. The second-order valence-electron chi connectivity index (χ2n) is 7.00. The van der Waals surface area contributed by atoms with Gasteiger partial charge < -0.3 is 4.57 Å². The number of rotatable bonds is 5. The standard InChI is InChI=1S/C23H17ClF3N2O/c24-22-12-18-14-28(13-16-5-2-1-3-6-16)10-9-20(18)29(22)15-21(30)17-7-4-8-19(11-17)23(25,26)27/h1-12,14H,13,15H2/q+1. The van der Waals surface area contributed by atoms with Crippen LogP contribution in [-0.4, -0.2) is 10.4 Å². The van der Waals surface area contributed by atoms with Gasteiger partial charge in [-0.15, -0.1) is 0 Å². The summed E-state index contributed by atoms with van der Waals surface area (Å²) in [6.45, 7) is 0.537. The fourth-order valence-corrected chi connectivity index (χ4v) is 3.65. The Labute approximate surface area is 175 Å². The normalized spacial score (nSPS) is 11.7. The lowest BCUT2D eigenvalue weighted by atomic mass is 10.1. The zero-order valence-electron chi connectivity index (χ0n) is 15.7. The Balaban J connectivity index is 1.60. The summed E-state index contributed by atoms with van der Waals surface area (Å²) in [5.41, 5.74) is 1.04. The van der Waals surface area contributed by atoms with E-state index in [0.717, 1.165) is 28.6 Å². The molecule has 4 rings (SSSR count). The molecule has 2 heterocycles. The van der Waals surface area contributed by atoms with Crippen molar-refractivity contribution in [1.29, 1.82) is 0 Å². The molecule has 0 spiro atoms. The van der Waals surface area contributed by atoms with Gasteiger partial charge in [-0.3, -0.25) is 4.79 Å². The Kier molecular flexibility index (Phi) is 5.35. The third kappa shape index (κ3) is 4.24. The zero-order chi connectivity index (χ0) is 21.3. The number of benzene rings is 2. The van der Waals surface area contributed by atoms with Crippen LogP contribution in [-0.2, 0) is 19.3 Å². The van der Waals surface area contributed by atoms with Crippen molar-refractivity contribution in [3.63, 3.8) is 0 Å². The molecule has 30 heavy (non-hydrogen) atoms. The van der Waals surface area contributed by atoms with Crippen molar-refractivity contribution >= 4 is 28.3 Å². The maximum atomic E-state index is 12.9. The lowest BCUT2D eigenvalue weighted by molar-refractivity contribution is -0.687. The fraction of sp³-hybridized carbons (Fsp3) is 0.130. The first kappa shape index (κ1) is 20.2. The van der Waals surface area contributed by atoms with Gasteiger partial charge in [0.15, 0.2) is 24.7 Å². The van der Waals surface area contributed by atoms with Crippen LogP contribution in [0.25, 0.3) is 10.9 Å². The molecule has 3 nitrogen and oxygen atoms in total. The number of hydrogen-bond donors (Lipinski definition) is 0. The second kappa shape index (κ2) is 7.95. The number of alkyl halides is 3. The number of hydrogen-bond acceptors (Lipinski definition) is 1. The molecule has 0 unspecified atom stereocenters. The van der Waals surface area contributed by atoms with Gasteiger partial charge in [0, 0.05) is 17.2 Å². The summed E-state index contributed by atoms with van der Waals surface area (Å²) >= 11 is 6.34. The lowest BCUT2D eigenvalue weighted by Crippen LogP contribution is -2.33. The highest BCUT2D eigenvalue weighted by Gasteiger charge is 2.31. The first-order valence-corrected chi connectivity index (χ1v) is 9.61. The Morgan fingerprint density at radius 2 is 1.77 bits per heavy atom. The van der Waals surface area contributed by atoms with E-state index in [9.17, 15) is 18.0 Å². The van der Waals surface area contributed by atoms with E-state index >= 15 is 0 Å². The number of halogens is 4. The summed E-state index contributed by atoms with van der Waals surface area (Å²) in [6.07, 6.45) is -0.684. The van der Waals surface area contributed by atoms with Gasteiger partial charge in [0.2, 0.25) is 0 Å². The Hall–Kier alpha value is -3.12. The summed E-state index contributed by atoms with van der Waals surface area (Å²) in [4.78, 5) is 12.6. The average Bonchev–Trinajstić information content (AvgIpc) is 3.02. The van der Waals surface area contributed by atoms with Crippen LogP contribution in [0.4, 0.5) is 13.2 Å². The molecule has 0 aliphatic rings. The van der Waals surface area contributed by atoms with Crippen molar-refractivity contribution in [3.05, 3.63) is 101 Å². The highest BCUT2D eigenvalue weighted by atomic mass is 35.5. The van der Waals surface area contributed by atoms with E-state index in [-0.39, 0.29) is 12.1 Å². The summed E-state index contributed by atoms with van der Waals surface area (Å²) in [5.74, 6) is -0.443. The molecular formula is C23H17ClF3N2O+. The van der Waals surface area contributed by atoms with E-state index in [1.165, 1.54) is 12.1 Å². The monoisotopic (exact) mass is 429 g/mol. The van der Waals surface area contributed by atoms with Gasteiger partial charge in [-0.2, -0.15) is 13.2 Å². The molecule has 2 aromatic carbocycles. The molecule has 7 heteroatoms. The minimum atomic E-state index is -4.50. The van der Waals surface area contributed by atoms with Crippen molar-refractivity contribution < 1.29 is 22.5 Å². The molecule has 0 bridgehead atoms. The van der Waals surface area contributed by atoms with Crippen molar-refractivity contribution in [2.24, 2.45) is 0 Å². The van der Waals surface area contributed by atoms with E-state index in [2.05, 4.69) is 0 Å². The second-order valence-corrected chi connectivity index (χ2v) is 7.39. The molecule has 4 aromatic rings. The van der Waals surface area contributed by atoms with Crippen LogP contribution in [0.2, 0.25) is 5.15 Å². The van der Waals surface area contributed by atoms with Crippen LogP contribution in [0.1, 0.15) is 21.5 Å². The van der Waals surface area contributed by atoms with Crippen LogP contribution in [0.3, 0.4) is 0 Å². The van der Waals surface area contributed by atoms with E-state index in [0.29, 0.717) is 11.7 Å². The average molecular weight is 430 g/mol. The lowest BCUT2D eigenvalue weighted by Gasteiger charge is -2.10. The van der Waals surface area contributed by atoms with Gasteiger partial charge >= 0.3 is 6.18 Å². The quantitative estimate of drug-likeness (QED) is 0.302. The molecule has 0 aliphatic carbocycles. The number of ketones is 1. The Morgan fingerprint density at radius 3 is 2.50 bits per heavy atom. The predicted octanol–water partition coefficient (Wildman–Crippen LogP) is 5.53. The van der Waals surface area contributed by atoms with E-state index in [4.69, 9.17) is 11.6 Å². The van der Waals surface area contributed by atoms with E-state index < -0.39 is 17.5 Å². The molecule has 0 saturated carbocycles. The molecule has 0 radical (unpaired) electrons. The fourth-order valence-electron chi connectivity index (χ4n) is 3.39. The topological polar surface area (TPSA) is 25.9 Å². The van der Waals surface area contributed by atoms with Gasteiger partial charge in [-0.25, -0.2) is 4.57 Å². The number of Topliss-reactive ketones (excluding diaryl/α,β-unsaturated/α-hetero) is 1. The van der Waals surface area contributed by atoms with E-state index in [1.807, 2.05) is 53.4 Å². The highest BCUT2D eigenvalue weighted by molar-refractivity contribution is 6.31. The minimum Gasteiger partial charge on any atom is -0.323 e. The Morgan fingerprint density at radius 1 is 1.00 bits per heavy atom. The largest absolute Gasteiger partial charge is 0.416 e. The van der Waals surface area contributed by atoms with Crippen molar-refractivity contribution in [2.75, 3.05) is 0 Å². The van der Waals surface area contributed by atoms with Crippen LogP contribution in [0, 0.1) is 0 Å². The SMILES string of the molecule is O=C(Cn1c(Cl)cc2c[n+](Cc3ccccc3)ccc21)c1cccc(C(F)(F)F)c1.